The van der Waals surface area contributed by atoms with Gasteiger partial charge in [-0.3, -0.25) is 9.48 Å². The summed E-state index contributed by atoms with van der Waals surface area (Å²) in [6.45, 7) is 4.23. The van der Waals surface area contributed by atoms with Crippen LogP contribution in [-0.4, -0.2) is 26.8 Å². The molecule has 2 N–H and O–H groups in total. The normalized spacial score (nSPS) is 10.4. The van der Waals surface area contributed by atoms with E-state index >= 15 is 0 Å². The lowest BCUT2D eigenvalue weighted by Gasteiger charge is -2.09. The minimum atomic E-state index is -1.03. The number of anilines is 1. The van der Waals surface area contributed by atoms with Gasteiger partial charge in [-0.05, 0) is 31.0 Å². The number of carbonyl (C=O) groups is 2. The van der Waals surface area contributed by atoms with E-state index in [2.05, 4.69) is 10.4 Å². The first-order chi connectivity index (χ1) is 9.95. The highest BCUT2D eigenvalue weighted by Crippen LogP contribution is 2.16. The molecule has 0 aliphatic carbocycles. The van der Waals surface area contributed by atoms with E-state index in [1.165, 1.54) is 17.1 Å². The standard InChI is InChI=1S/C15H17N3O3/c1-10-3-4-11(2)13(7-10)17-14(19)5-6-18-9-12(8-16-18)15(20)21/h3-4,7-9H,5-6H2,1-2H3,(H,17,19)(H,20,21). The number of aryl methyl sites for hydroxylation is 3. The Morgan fingerprint density at radius 3 is 2.76 bits per heavy atom. The molecule has 1 aromatic carbocycles. The van der Waals surface area contributed by atoms with Gasteiger partial charge in [0.2, 0.25) is 5.91 Å². The van der Waals surface area contributed by atoms with Crippen LogP contribution in [0.3, 0.4) is 0 Å². The second-order valence-corrected chi connectivity index (χ2v) is 4.91. The number of aromatic nitrogens is 2. The Morgan fingerprint density at radius 1 is 1.33 bits per heavy atom. The molecule has 6 heteroatoms. The van der Waals surface area contributed by atoms with Crippen LogP contribution < -0.4 is 5.32 Å². The van der Waals surface area contributed by atoms with Crippen LogP contribution >= 0.6 is 0 Å². The van der Waals surface area contributed by atoms with Crippen LogP contribution in [0, 0.1) is 13.8 Å². The summed E-state index contributed by atoms with van der Waals surface area (Å²) in [5.74, 6) is -1.16. The zero-order valence-electron chi connectivity index (χ0n) is 12.0. The van der Waals surface area contributed by atoms with Gasteiger partial charge < -0.3 is 10.4 Å². The van der Waals surface area contributed by atoms with E-state index in [1.807, 2.05) is 32.0 Å². The fraction of sp³-hybridized carbons (Fsp3) is 0.267. The first-order valence-corrected chi connectivity index (χ1v) is 6.58. The molecule has 110 valence electrons. The lowest BCUT2D eigenvalue weighted by molar-refractivity contribution is -0.116. The number of hydrogen-bond donors (Lipinski definition) is 2. The molecule has 0 bridgehead atoms. The second-order valence-electron chi connectivity index (χ2n) is 4.91. The van der Waals surface area contributed by atoms with E-state index in [1.54, 1.807) is 0 Å². The van der Waals surface area contributed by atoms with Crippen LogP contribution in [0.15, 0.2) is 30.6 Å². The number of hydrogen-bond acceptors (Lipinski definition) is 3. The largest absolute Gasteiger partial charge is 0.478 e. The average molecular weight is 287 g/mol. The van der Waals surface area contributed by atoms with Crippen LogP contribution in [0.1, 0.15) is 27.9 Å². The van der Waals surface area contributed by atoms with Gasteiger partial charge in [0.05, 0.1) is 11.8 Å². The van der Waals surface area contributed by atoms with Crippen LogP contribution in [0.5, 0.6) is 0 Å². The molecule has 0 aliphatic heterocycles. The minimum Gasteiger partial charge on any atom is -0.478 e. The highest BCUT2D eigenvalue weighted by molar-refractivity contribution is 5.91. The number of carbonyl (C=O) groups excluding carboxylic acids is 1. The van der Waals surface area contributed by atoms with E-state index in [-0.39, 0.29) is 17.9 Å². The molecule has 1 aromatic heterocycles. The lowest BCUT2D eigenvalue weighted by atomic mass is 10.1. The van der Waals surface area contributed by atoms with Gasteiger partial charge in [0.25, 0.3) is 0 Å². The molecule has 0 radical (unpaired) electrons. The van der Waals surface area contributed by atoms with Crippen molar-refractivity contribution >= 4 is 17.6 Å². The maximum absolute atomic E-state index is 11.9. The summed E-state index contributed by atoms with van der Waals surface area (Å²) in [5.41, 5.74) is 2.99. The third kappa shape index (κ3) is 3.92. The maximum Gasteiger partial charge on any atom is 0.338 e. The number of rotatable bonds is 5. The van der Waals surface area contributed by atoms with Crippen molar-refractivity contribution in [3.05, 3.63) is 47.3 Å². The Balaban J connectivity index is 1.92. The van der Waals surface area contributed by atoms with Crippen molar-refractivity contribution in [2.75, 3.05) is 5.32 Å². The van der Waals surface area contributed by atoms with E-state index < -0.39 is 5.97 Å². The van der Waals surface area contributed by atoms with E-state index in [9.17, 15) is 9.59 Å². The molecule has 2 aromatic rings. The number of benzene rings is 1. The molecule has 0 spiro atoms. The third-order valence-corrected chi connectivity index (χ3v) is 3.12. The summed E-state index contributed by atoms with van der Waals surface area (Å²) >= 11 is 0. The van der Waals surface area contributed by atoms with Gasteiger partial charge in [0.1, 0.15) is 0 Å². The summed E-state index contributed by atoms with van der Waals surface area (Å²) in [7, 11) is 0. The van der Waals surface area contributed by atoms with Crippen molar-refractivity contribution in [1.82, 2.24) is 9.78 Å². The van der Waals surface area contributed by atoms with Gasteiger partial charge in [-0.25, -0.2) is 4.79 Å². The Morgan fingerprint density at radius 2 is 2.10 bits per heavy atom. The zero-order valence-corrected chi connectivity index (χ0v) is 12.0. The molecule has 1 amide bonds. The number of amides is 1. The van der Waals surface area contributed by atoms with Crippen LogP contribution in [-0.2, 0) is 11.3 Å². The second kappa shape index (κ2) is 6.21. The van der Waals surface area contributed by atoms with Crippen molar-refractivity contribution in [2.45, 2.75) is 26.8 Å². The zero-order chi connectivity index (χ0) is 15.4. The smallest absolute Gasteiger partial charge is 0.338 e. The lowest BCUT2D eigenvalue weighted by Crippen LogP contribution is -2.15. The highest BCUT2D eigenvalue weighted by atomic mass is 16.4. The topological polar surface area (TPSA) is 84.2 Å². The molecule has 0 saturated carbocycles. The van der Waals surface area contributed by atoms with Gasteiger partial charge in [0, 0.05) is 24.8 Å². The molecule has 2 rings (SSSR count). The molecule has 0 saturated heterocycles. The molecule has 6 nitrogen and oxygen atoms in total. The number of nitrogens with one attached hydrogen (secondary N) is 1. The number of carboxylic acid groups (broad SMARTS) is 1. The summed E-state index contributed by atoms with van der Waals surface area (Å²) < 4.78 is 1.45. The highest BCUT2D eigenvalue weighted by Gasteiger charge is 2.08. The van der Waals surface area contributed by atoms with E-state index in [0.29, 0.717) is 6.54 Å². The minimum absolute atomic E-state index is 0.116. The molecular formula is C15H17N3O3. The van der Waals surface area contributed by atoms with Crippen LogP contribution in [0.25, 0.3) is 0 Å². The van der Waals surface area contributed by atoms with Gasteiger partial charge in [0.15, 0.2) is 0 Å². The summed E-state index contributed by atoms with van der Waals surface area (Å²) in [6, 6.07) is 5.86. The molecule has 21 heavy (non-hydrogen) atoms. The Hall–Kier alpha value is -2.63. The molecule has 0 unspecified atom stereocenters. The first-order valence-electron chi connectivity index (χ1n) is 6.58. The molecule has 0 atom stereocenters. The third-order valence-electron chi connectivity index (χ3n) is 3.12. The van der Waals surface area contributed by atoms with Gasteiger partial charge in [-0.2, -0.15) is 5.10 Å². The molecule has 0 fully saturated rings. The van der Waals surface area contributed by atoms with Crippen LogP contribution in [0.2, 0.25) is 0 Å². The quantitative estimate of drug-likeness (QED) is 0.883. The first kappa shape index (κ1) is 14.8. The maximum atomic E-state index is 11.9. The summed E-state index contributed by atoms with van der Waals surface area (Å²) in [4.78, 5) is 22.7. The average Bonchev–Trinajstić information content (AvgIpc) is 2.90. The monoisotopic (exact) mass is 287 g/mol. The van der Waals surface area contributed by atoms with Crippen molar-refractivity contribution in [2.24, 2.45) is 0 Å². The summed E-state index contributed by atoms with van der Waals surface area (Å²) in [5, 5.41) is 15.6. The number of carboxylic acids is 1. The fourth-order valence-corrected chi connectivity index (χ4v) is 1.90. The Kier molecular flexibility index (Phi) is 4.37. The van der Waals surface area contributed by atoms with E-state index in [0.717, 1.165) is 16.8 Å². The van der Waals surface area contributed by atoms with Crippen LogP contribution in [0.4, 0.5) is 5.69 Å². The van der Waals surface area contributed by atoms with Gasteiger partial charge in [-0.1, -0.05) is 12.1 Å². The predicted molar refractivity (Wildman–Crippen MR) is 78.3 cm³/mol. The molecular weight excluding hydrogens is 270 g/mol. The molecule has 1 heterocycles. The molecule has 0 aliphatic rings. The fourth-order valence-electron chi connectivity index (χ4n) is 1.90. The van der Waals surface area contributed by atoms with Crippen molar-refractivity contribution < 1.29 is 14.7 Å². The van der Waals surface area contributed by atoms with Crippen molar-refractivity contribution in [1.29, 1.82) is 0 Å². The van der Waals surface area contributed by atoms with Crippen molar-refractivity contribution in [3.8, 4) is 0 Å². The summed E-state index contributed by atoms with van der Waals surface area (Å²) in [6.07, 6.45) is 2.91. The predicted octanol–water partition coefficient (Wildman–Crippen LogP) is 2.23. The van der Waals surface area contributed by atoms with Gasteiger partial charge >= 0.3 is 5.97 Å². The van der Waals surface area contributed by atoms with E-state index in [4.69, 9.17) is 5.11 Å². The van der Waals surface area contributed by atoms with Crippen molar-refractivity contribution in [3.63, 3.8) is 0 Å². The number of nitrogens with zero attached hydrogens (tertiary/aromatic N) is 2. The van der Waals surface area contributed by atoms with Gasteiger partial charge in [-0.15, -0.1) is 0 Å². The Labute approximate surface area is 122 Å². The SMILES string of the molecule is Cc1ccc(C)c(NC(=O)CCn2cc(C(=O)O)cn2)c1. The number of aromatic carboxylic acids is 1. The Bertz CT molecular complexity index is 677.